The monoisotopic (exact) mass is 466 g/mol. The highest BCUT2D eigenvalue weighted by atomic mass is 32.7. The highest BCUT2D eigenvalue weighted by molar-refractivity contribution is 8.56. The van der Waals surface area contributed by atoms with Crippen LogP contribution in [0.2, 0.25) is 0 Å². The summed E-state index contributed by atoms with van der Waals surface area (Å²) in [6.45, 7) is 16.8. The molecule has 178 valence electrons. The van der Waals surface area contributed by atoms with Gasteiger partial charge in [0.15, 0.2) is 0 Å². The Kier molecular flexibility index (Phi) is 10.9. The van der Waals surface area contributed by atoms with Gasteiger partial charge in [0.25, 0.3) is 0 Å². The van der Waals surface area contributed by atoms with Gasteiger partial charge >= 0.3 is 12.7 Å². The molecule has 1 saturated heterocycles. The summed E-state index contributed by atoms with van der Waals surface area (Å²) in [7, 11) is 0. The predicted octanol–water partition coefficient (Wildman–Crippen LogP) is 4.71. The van der Waals surface area contributed by atoms with E-state index in [1.807, 2.05) is 55.4 Å². The van der Waals surface area contributed by atoms with Crippen LogP contribution in [-0.4, -0.2) is 67.2 Å². The Balaban J connectivity index is 2.51. The van der Waals surface area contributed by atoms with Gasteiger partial charge in [-0.3, -0.25) is 14.3 Å². The molecule has 0 aliphatic carbocycles. The van der Waals surface area contributed by atoms with Crippen LogP contribution in [-0.2, 0) is 23.4 Å². The van der Waals surface area contributed by atoms with Crippen LogP contribution in [0.4, 0.5) is 0 Å². The maximum Gasteiger partial charge on any atom is 0.327 e. The van der Waals surface area contributed by atoms with E-state index in [2.05, 4.69) is 9.99 Å². The molecule has 1 aliphatic heterocycles. The fourth-order valence-electron chi connectivity index (χ4n) is 2.73. The Labute approximate surface area is 187 Å². The van der Waals surface area contributed by atoms with Gasteiger partial charge < -0.3 is 14.0 Å². The van der Waals surface area contributed by atoms with Crippen LogP contribution in [0.15, 0.2) is 0 Å². The van der Waals surface area contributed by atoms with E-state index in [-0.39, 0.29) is 18.1 Å². The van der Waals surface area contributed by atoms with Crippen LogP contribution in [0.5, 0.6) is 0 Å². The number of morpholine rings is 1. The molecule has 9 heteroatoms. The van der Waals surface area contributed by atoms with Crippen molar-refractivity contribution in [2.24, 2.45) is 5.41 Å². The van der Waals surface area contributed by atoms with E-state index < -0.39 is 17.7 Å². The van der Waals surface area contributed by atoms with Crippen molar-refractivity contribution >= 4 is 24.1 Å². The molecule has 0 aromatic rings. The number of carbonyl (C=O) groups excluding carboxylic acids is 1. The molecule has 1 heterocycles. The summed E-state index contributed by atoms with van der Waals surface area (Å²) >= 11 is 1.20. The zero-order chi connectivity index (χ0) is 23.1. The second kappa shape index (κ2) is 11.7. The standard InChI is InChI=1S/C21H43N2O5PS/c1-9-21(7,8)28-29(25,22-19(2,3)4)30-17-16-27-18(24)20(5,6)10-11-23-12-14-26-15-13-23/h9-17H2,1-8H3,(H,22,25). The molecule has 1 N–H and O–H groups in total. The molecule has 1 atom stereocenters. The minimum atomic E-state index is -3.15. The number of rotatable bonds is 12. The molecule has 7 nitrogen and oxygen atoms in total. The summed E-state index contributed by atoms with van der Waals surface area (Å²) in [6.07, 6.45) is 1.48. The molecule has 30 heavy (non-hydrogen) atoms. The van der Waals surface area contributed by atoms with Crippen molar-refractivity contribution in [3.05, 3.63) is 0 Å². The first kappa shape index (κ1) is 27.9. The third kappa shape index (κ3) is 11.0. The number of hydrogen-bond acceptors (Lipinski definition) is 7. The molecule has 0 bridgehead atoms. The second-order valence-electron chi connectivity index (χ2n) is 10.1. The number of ether oxygens (including phenoxy) is 2. The average molecular weight is 467 g/mol. The lowest BCUT2D eigenvalue weighted by Gasteiger charge is -2.34. The number of esters is 1. The first-order valence-electron chi connectivity index (χ1n) is 10.9. The van der Waals surface area contributed by atoms with Gasteiger partial charge in [0, 0.05) is 24.4 Å². The van der Waals surface area contributed by atoms with E-state index >= 15 is 0 Å². The topological polar surface area (TPSA) is 77.1 Å². The minimum Gasteiger partial charge on any atom is -0.464 e. The Morgan fingerprint density at radius 2 is 1.73 bits per heavy atom. The summed E-state index contributed by atoms with van der Waals surface area (Å²) in [6, 6.07) is 0. The summed E-state index contributed by atoms with van der Waals surface area (Å²) in [4.78, 5) is 14.9. The van der Waals surface area contributed by atoms with Crippen molar-refractivity contribution in [3.63, 3.8) is 0 Å². The lowest BCUT2D eigenvalue weighted by molar-refractivity contribution is -0.153. The van der Waals surface area contributed by atoms with Crippen molar-refractivity contribution in [2.45, 2.75) is 79.4 Å². The zero-order valence-corrected chi connectivity index (χ0v) is 21.9. The van der Waals surface area contributed by atoms with Crippen molar-refractivity contribution in [2.75, 3.05) is 45.2 Å². The van der Waals surface area contributed by atoms with Crippen molar-refractivity contribution in [3.8, 4) is 0 Å². The van der Waals surface area contributed by atoms with E-state index in [0.717, 1.165) is 45.7 Å². The molecular formula is C21H43N2O5PS. The van der Waals surface area contributed by atoms with Crippen LogP contribution in [0.1, 0.15) is 68.2 Å². The van der Waals surface area contributed by atoms with Crippen LogP contribution in [0, 0.1) is 5.41 Å². The smallest absolute Gasteiger partial charge is 0.327 e. The Hall–Kier alpha value is -0.110. The largest absolute Gasteiger partial charge is 0.464 e. The molecule has 0 amide bonds. The number of carbonyl (C=O) groups is 1. The zero-order valence-electron chi connectivity index (χ0n) is 20.2. The van der Waals surface area contributed by atoms with Crippen molar-refractivity contribution < 1.29 is 23.4 Å². The Morgan fingerprint density at radius 1 is 1.13 bits per heavy atom. The predicted molar refractivity (Wildman–Crippen MR) is 125 cm³/mol. The molecule has 0 spiro atoms. The Bertz CT molecular complexity index is 586. The van der Waals surface area contributed by atoms with E-state index in [0.29, 0.717) is 5.75 Å². The number of nitrogens with one attached hydrogen (secondary N) is 1. The first-order valence-corrected chi connectivity index (χ1v) is 14.1. The summed E-state index contributed by atoms with van der Waals surface area (Å²) in [5.41, 5.74) is -1.42. The molecule has 0 radical (unpaired) electrons. The van der Waals surface area contributed by atoms with Gasteiger partial charge in [-0.1, -0.05) is 18.3 Å². The van der Waals surface area contributed by atoms with Gasteiger partial charge in [0.2, 0.25) is 0 Å². The second-order valence-corrected chi connectivity index (χ2v) is 14.4. The SMILES string of the molecule is CCC(C)(C)OP(=O)(NC(C)(C)C)SCCOC(=O)C(C)(C)CCN1CCOCC1. The highest BCUT2D eigenvalue weighted by Crippen LogP contribution is 2.59. The van der Waals surface area contributed by atoms with Crippen LogP contribution in [0.25, 0.3) is 0 Å². The quantitative estimate of drug-likeness (QED) is 0.252. The summed E-state index contributed by atoms with van der Waals surface area (Å²) < 4.78 is 30.3. The van der Waals surface area contributed by atoms with Gasteiger partial charge in [-0.15, -0.1) is 0 Å². The van der Waals surface area contributed by atoms with Crippen LogP contribution >= 0.6 is 18.1 Å². The fraction of sp³-hybridized carbons (Fsp3) is 0.952. The molecule has 0 saturated carbocycles. The van der Waals surface area contributed by atoms with Gasteiger partial charge in [0.05, 0.1) is 24.2 Å². The molecule has 1 unspecified atom stereocenters. The van der Waals surface area contributed by atoms with E-state index in [4.69, 9.17) is 14.0 Å². The highest BCUT2D eigenvalue weighted by Gasteiger charge is 2.36. The lowest BCUT2D eigenvalue weighted by atomic mass is 9.89. The molecule has 1 fully saturated rings. The maximum absolute atomic E-state index is 13.4. The van der Waals surface area contributed by atoms with Crippen LogP contribution in [0.3, 0.4) is 0 Å². The normalized spacial score (nSPS) is 18.8. The van der Waals surface area contributed by atoms with Crippen molar-refractivity contribution in [1.29, 1.82) is 0 Å². The van der Waals surface area contributed by atoms with E-state index in [1.165, 1.54) is 11.4 Å². The number of nitrogens with zero attached hydrogens (tertiary/aromatic N) is 1. The van der Waals surface area contributed by atoms with Crippen molar-refractivity contribution in [1.82, 2.24) is 9.99 Å². The molecule has 0 aromatic carbocycles. The summed E-state index contributed by atoms with van der Waals surface area (Å²) in [5.74, 6) is 0.190. The Morgan fingerprint density at radius 3 is 2.27 bits per heavy atom. The molecular weight excluding hydrogens is 423 g/mol. The van der Waals surface area contributed by atoms with Crippen LogP contribution < -0.4 is 5.09 Å². The average Bonchev–Trinajstić information content (AvgIpc) is 2.62. The van der Waals surface area contributed by atoms with Gasteiger partial charge in [0.1, 0.15) is 6.61 Å². The van der Waals surface area contributed by atoms with E-state index in [1.54, 1.807) is 0 Å². The maximum atomic E-state index is 13.4. The number of hydrogen-bond donors (Lipinski definition) is 1. The molecule has 1 rings (SSSR count). The third-order valence-electron chi connectivity index (χ3n) is 4.98. The van der Waals surface area contributed by atoms with Gasteiger partial charge in [-0.05, 0) is 67.9 Å². The first-order chi connectivity index (χ1) is 13.7. The van der Waals surface area contributed by atoms with Gasteiger partial charge in [-0.2, -0.15) is 0 Å². The lowest BCUT2D eigenvalue weighted by Crippen LogP contribution is -2.39. The van der Waals surface area contributed by atoms with Gasteiger partial charge in [-0.25, -0.2) is 5.09 Å². The third-order valence-corrected chi connectivity index (χ3v) is 9.41. The van der Waals surface area contributed by atoms with E-state index in [9.17, 15) is 9.36 Å². The fourth-order valence-corrected chi connectivity index (χ4v) is 7.62. The molecule has 1 aliphatic rings. The minimum absolute atomic E-state index is 0.205. The summed E-state index contributed by atoms with van der Waals surface area (Å²) in [5, 5.41) is 3.14. The molecule has 0 aromatic heterocycles.